The number of hydrogen-bond acceptors (Lipinski definition) is 5. The number of nitrogens with zero attached hydrogens (tertiary/aromatic N) is 1. The van der Waals surface area contributed by atoms with E-state index in [0.29, 0.717) is 12.4 Å². The number of pyridine rings is 1. The van der Waals surface area contributed by atoms with Crippen LogP contribution in [0.5, 0.6) is 5.75 Å². The third-order valence-electron chi connectivity index (χ3n) is 2.33. The standard InChI is InChI=1S/C13H16N4O/c1-2-18-11-8-6-10(7-9-11)15-12-4-3-5-13(16-12)17-14/h3-9H,2,14H2,1H3,(H2,15,16,17). The van der Waals surface area contributed by atoms with E-state index in [0.717, 1.165) is 17.3 Å². The number of rotatable bonds is 5. The summed E-state index contributed by atoms with van der Waals surface area (Å²) in [5.74, 6) is 7.51. The molecule has 0 fully saturated rings. The van der Waals surface area contributed by atoms with Crippen LogP contribution >= 0.6 is 0 Å². The number of anilines is 3. The first-order valence-corrected chi connectivity index (χ1v) is 5.75. The van der Waals surface area contributed by atoms with Crippen molar-refractivity contribution in [3.63, 3.8) is 0 Å². The zero-order valence-corrected chi connectivity index (χ0v) is 10.2. The monoisotopic (exact) mass is 244 g/mol. The molecule has 2 rings (SSSR count). The van der Waals surface area contributed by atoms with Gasteiger partial charge in [-0.15, -0.1) is 0 Å². The van der Waals surface area contributed by atoms with Gasteiger partial charge in [0.05, 0.1) is 6.61 Å². The lowest BCUT2D eigenvalue weighted by Crippen LogP contribution is -2.08. The van der Waals surface area contributed by atoms with E-state index in [2.05, 4.69) is 15.7 Å². The molecule has 0 atom stereocenters. The molecule has 0 spiro atoms. The minimum absolute atomic E-state index is 0.617. The Morgan fingerprint density at radius 1 is 1.11 bits per heavy atom. The van der Waals surface area contributed by atoms with Crippen molar-refractivity contribution in [2.24, 2.45) is 5.84 Å². The number of hydrogen-bond donors (Lipinski definition) is 3. The van der Waals surface area contributed by atoms with Crippen LogP contribution in [0, 0.1) is 0 Å². The first-order chi connectivity index (χ1) is 8.81. The van der Waals surface area contributed by atoms with Crippen LogP contribution in [-0.2, 0) is 0 Å². The van der Waals surface area contributed by atoms with Crippen LogP contribution in [0.2, 0.25) is 0 Å². The van der Waals surface area contributed by atoms with Crippen LogP contribution in [-0.4, -0.2) is 11.6 Å². The van der Waals surface area contributed by atoms with Crippen molar-refractivity contribution >= 4 is 17.3 Å². The first kappa shape index (κ1) is 12.2. The lowest BCUT2D eigenvalue weighted by molar-refractivity contribution is 0.340. The Kier molecular flexibility index (Phi) is 3.98. The molecule has 0 saturated carbocycles. The summed E-state index contributed by atoms with van der Waals surface area (Å²) in [5, 5.41) is 3.19. The quantitative estimate of drug-likeness (QED) is 0.556. The highest BCUT2D eigenvalue weighted by Gasteiger charge is 1.98. The average molecular weight is 244 g/mol. The number of ether oxygens (including phenoxy) is 1. The van der Waals surface area contributed by atoms with Gasteiger partial charge >= 0.3 is 0 Å². The highest BCUT2D eigenvalue weighted by Crippen LogP contribution is 2.19. The van der Waals surface area contributed by atoms with E-state index in [1.807, 2.05) is 43.3 Å². The highest BCUT2D eigenvalue weighted by atomic mass is 16.5. The predicted molar refractivity (Wildman–Crippen MR) is 72.9 cm³/mol. The van der Waals surface area contributed by atoms with Gasteiger partial charge in [0.2, 0.25) is 0 Å². The second kappa shape index (κ2) is 5.88. The maximum Gasteiger partial charge on any atom is 0.142 e. The summed E-state index contributed by atoms with van der Waals surface area (Å²) >= 11 is 0. The molecule has 1 heterocycles. The van der Waals surface area contributed by atoms with Crippen LogP contribution in [0.1, 0.15) is 6.92 Å². The van der Waals surface area contributed by atoms with Gasteiger partial charge in [-0.3, -0.25) is 0 Å². The number of aromatic nitrogens is 1. The topological polar surface area (TPSA) is 72.2 Å². The summed E-state index contributed by atoms with van der Waals surface area (Å²) in [6, 6.07) is 13.2. The summed E-state index contributed by atoms with van der Waals surface area (Å²) in [4.78, 5) is 4.27. The van der Waals surface area contributed by atoms with Crippen molar-refractivity contribution in [2.75, 3.05) is 17.3 Å². The second-order valence-electron chi connectivity index (χ2n) is 3.63. The van der Waals surface area contributed by atoms with Gasteiger partial charge in [-0.05, 0) is 43.3 Å². The van der Waals surface area contributed by atoms with Crippen molar-refractivity contribution in [3.8, 4) is 5.75 Å². The average Bonchev–Trinajstić information content (AvgIpc) is 2.42. The molecule has 94 valence electrons. The number of hydrazine groups is 1. The smallest absolute Gasteiger partial charge is 0.142 e. The van der Waals surface area contributed by atoms with Gasteiger partial charge in [-0.2, -0.15) is 0 Å². The molecule has 5 nitrogen and oxygen atoms in total. The molecule has 0 unspecified atom stereocenters. The van der Waals surface area contributed by atoms with Crippen molar-refractivity contribution in [2.45, 2.75) is 6.92 Å². The second-order valence-corrected chi connectivity index (χ2v) is 3.63. The number of nitrogens with one attached hydrogen (secondary N) is 2. The predicted octanol–water partition coefficient (Wildman–Crippen LogP) is 2.51. The molecule has 0 radical (unpaired) electrons. The Balaban J connectivity index is 2.08. The molecule has 18 heavy (non-hydrogen) atoms. The highest BCUT2D eigenvalue weighted by molar-refractivity contribution is 5.58. The van der Waals surface area contributed by atoms with E-state index in [4.69, 9.17) is 10.6 Å². The van der Waals surface area contributed by atoms with Gasteiger partial charge in [0.15, 0.2) is 0 Å². The molecule has 0 amide bonds. The van der Waals surface area contributed by atoms with Gasteiger partial charge < -0.3 is 15.5 Å². The molecule has 0 bridgehead atoms. The fourth-order valence-electron chi connectivity index (χ4n) is 1.53. The van der Waals surface area contributed by atoms with E-state index >= 15 is 0 Å². The molecule has 1 aromatic carbocycles. The van der Waals surface area contributed by atoms with E-state index in [1.54, 1.807) is 6.07 Å². The normalized spacial score (nSPS) is 9.89. The maximum absolute atomic E-state index is 5.38. The van der Waals surface area contributed by atoms with Crippen molar-refractivity contribution in [3.05, 3.63) is 42.5 Å². The third kappa shape index (κ3) is 3.11. The van der Waals surface area contributed by atoms with Gasteiger partial charge in [0, 0.05) is 5.69 Å². The molecular weight excluding hydrogens is 228 g/mol. The fourth-order valence-corrected chi connectivity index (χ4v) is 1.53. The summed E-state index contributed by atoms with van der Waals surface area (Å²) in [7, 11) is 0. The zero-order chi connectivity index (χ0) is 12.8. The van der Waals surface area contributed by atoms with Gasteiger partial charge in [0.1, 0.15) is 17.4 Å². The SMILES string of the molecule is CCOc1ccc(Nc2cccc(NN)n2)cc1. The molecular formula is C13H16N4O. The molecule has 4 N–H and O–H groups in total. The van der Waals surface area contributed by atoms with Crippen LogP contribution < -0.4 is 21.3 Å². The first-order valence-electron chi connectivity index (χ1n) is 5.75. The molecule has 0 aliphatic heterocycles. The minimum Gasteiger partial charge on any atom is -0.494 e. The Hall–Kier alpha value is -2.27. The maximum atomic E-state index is 5.38. The van der Waals surface area contributed by atoms with Crippen molar-refractivity contribution in [1.29, 1.82) is 0 Å². The largest absolute Gasteiger partial charge is 0.494 e. The van der Waals surface area contributed by atoms with E-state index in [-0.39, 0.29) is 0 Å². The third-order valence-corrected chi connectivity index (χ3v) is 2.33. The minimum atomic E-state index is 0.617. The van der Waals surface area contributed by atoms with E-state index in [1.165, 1.54) is 0 Å². The number of benzene rings is 1. The van der Waals surface area contributed by atoms with Crippen LogP contribution in [0.15, 0.2) is 42.5 Å². The summed E-state index contributed by atoms with van der Waals surface area (Å²) in [6.45, 7) is 2.62. The van der Waals surface area contributed by atoms with Gasteiger partial charge in [-0.1, -0.05) is 6.07 Å². The fraction of sp³-hybridized carbons (Fsp3) is 0.154. The Morgan fingerprint density at radius 3 is 2.50 bits per heavy atom. The number of nitrogen functional groups attached to an aromatic ring is 1. The van der Waals surface area contributed by atoms with Crippen molar-refractivity contribution in [1.82, 2.24) is 4.98 Å². The lowest BCUT2D eigenvalue weighted by atomic mass is 10.3. The molecule has 2 aromatic rings. The van der Waals surface area contributed by atoms with Crippen LogP contribution in [0.4, 0.5) is 17.3 Å². The lowest BCUT2D eigenvalue weighted by Gasteiger charge is -2.08. The zero-order valence-electron chi connectivity index (χ0n) is 10.2. The van der Waals surface area contributed by atoms with Crippen molar-refractivity contribution < 1.29 is 4.74 Å². The Bertz CT molecular complexity index is 499. The van der Waals surface area contributed by atoms with Crippen LogP contribution in [0.3, 0.4) is 0 Å². The molecule has 5 heteroatoms. The summed E-state index contributed by atoms with van der Waals surface area (Å²) in [5.41, 5.74) is 3.45. The Labute approximate surface area is 106 Å². The van der Waals surface area contributed by atoms with E-state index < -0.39 is 0 Å². The van der Waals surface area contributed by atoms with Gasteiger partial charge in [0.25, 0.3) is 0 Å². The molecule has 0 saturated heterocycles. The number of nitrogens with two attached hydrogens (primary N) is 1. The van der Waals surface area contributed by atoms with Gasteiger partial charge in [-0.25, -0.2) is 10.8 Å². The summed E-state index contributed by atoms with van der Waals surface area (Å²) in [6.07, 6.45) is 0. The molecule has 1 aromatic heterocycles. The van der Waals surface area contributed by atoms with Crippen LogP contribution in [0.25, 0.3) is 0 Å². The van der Waals surface area contributed by atoms with E-state index in [9.17, 15) is 0 Å². The molecule has 0 aliphatic rings. The molecule has 0 aliphatic carbocycles. The Morgan fingerprint density at radius 2 is 1.83 bits per heavy atom. The summed E-state index contributed by atoms with van der Waals surface area (Å²) < 4.78 is 5.38.